The smallest absolute Gasteiger partial charge is 0.00765 e. The molecule has 5 saturated carbocycles. The van der Waals surface area contributed by atoms with E-state index in [1.807, 2.05) is 0 Å². The molecular weight excluding hydrogens is 108 g/mol. The van der Waals surface area contributed by atoms with Crippen LogP contribution in [0.5, 0.6) is 0 Å². The van der Waals surface area contributed by atoms with E-state index in [1.54, 1.807) is 6.42 Å². The van der Waals surface area contributed by atoms with Crippen LogP contribution in [0.2, 0.25) is 0 Å². The van der Waals surface area contributed by atoms with E-state index in [-0.39, 0.29) is 0 Å². The maximum Gasteiger partial charge on any atom is -0.00765 e. The molecule has 0 nitrogen and oxygen atoms in total. The molecule has 0 radical (unpaired) electrons. The SMILES string of the molecule is CC1C23CC4(C)C2(C)C143. The van der Waals surface area contributed by atoms with Crippen LogP contribution in [-0.2, 0) is 0 Å². The van der Waals surface area contributed by atoms with Crippen LogP contribution in [0, 0.1) is 27.6 Å². The normalized spacial score (nSPS) is 101. The Morgan fingerprint density at radius 1 is 1.33 bits per heavy atom. The van der Waals surface area contributed by atoms with E-state index in [0.717, 1.165) is 27.6 Å². The first kappa shape index (κ1) is 4.00. The van der Waals surface area contributed by atoms with Crippen molar-refractivity contribution in [2.24, 2.45) is 27.6 Å². The van der Waals surface area contributed by atoms with Crippen molar-refractivity contribution in [3.63, 3.8) is 0 Å². The fourth-order valence-electron chi connectivity index (χ4n) is 5.93. The van der Waals surface area contributed by atoms with Crippen molar-refractivity contribution >= 4 is 0 Å². The van der Waals surface area contributed by atoms with Crippen molar-refractivity contribution in [2.45, 2.75) is 27.2 Å². The lowest BCUT2D eigenvalue weighted by Crippen LogP contribution is -2.36. The molecule has 5 unspecified atom stereocenters. The Morgan fingerprint density at radius 2 is 2.00 bits per heavy atom. The van der Waals surface area contributed by atoms with E-state index in [0.29, 0.717) is 0 Å². The van der Waals surface area contributed by atoms with Gasteiger partial charge in [0.15, 0.2) is 0 Å². The van der Waals surface area contributed by atoms with Gasteiger partial charge in [-0.25, -0.2) is 0 Å². The minimum atomic E-state index is 0.861. The number of hydrogen-bond acceptors (Lipinski definition) is 0. The van der Waals surface area contributed by atoms with Gasteiger partial charge < -0.3 is 0 Å². The predicted molar refractivity (Wildman–Crippen MR) is 34.9 cm³/mol. The first-order valence-electron chi connectivity index (χ1n) is 4.11. The van der Waals surface area contributed by atoms with Crippen LogP contribution in [0.25, 0.3) is 0 Å². The zero-order valence-electron chi connectivity index (χ0n) is 6.28. The van der Waals surface area contributed by atoms with Crippen LogP contribution in [0.1, 0.15) is 27.2 Å². The molecule has 0 aliphatic heterocycles. The Hall–Kier alpha value is 0. The molecule has 48 valence electrons. The summed E-state index contributed by atoms with van der Waals surface area (Å²) in [5.41, 5.74) is 3.66. The summed E-state index contributed by atoms with van der Waals surface area (Å²) in [6, 6.07) is 0. The highest BCUT2D eigenvalue weighted by Gasteiger charge is 3.29. The minimum absolute atomic E-state index is 0.861. The van der Waals surface area contributed by atoms with Crippen molar-refractivity contribution < 1.29 is 0 Å². The first-order chi connectivity index (χ1) is 4.11. The molecule has 5 aliphatic carbocycles. The van der Waals surface area contributed by atoms with Crippen molar-refractivity contribution in [2.75, 3.05) is 0 Å². The molecule has 0 aromatic rings. The molecule has 2 bridgehead atoms. The van der Waals surface area contributed by atoms with E-state index in [1.165, 1.54) is 0 Å². The summed E-state index contributed by atoms with van der Waals surface area (Å²) < 4.78 is 0. The van der Waals surface area contributed by atoms with Gasteiger partial charge in [-0.1, -0.05) is 20.8 Å². The van der Waals surface area contributed by atoms with E-state index < -0.39 is 0 Å². The summed E-state index contributed by atoms with van der Waals surface area (Å²) in [5.74, 6) is 1.12. The molecule has 9 heavy (non-hydrogen) atoms. The Morgan fingerprint density at radius 3 is 2.00 bits per heavy atom. The van der Waals surface area contributed by atoms with E-state index >= 15 is 0 Å². The summed E-state index contributed by atoms with van der Waals surface area (Å²) in [7, 11) is 0. The van der Waals surface area contributed by atoms with Gasteiger partial charge in [0, 0.05) is 0 Å². The van der Waals surface area contributed by atoms with Crippen LogP contribution >= 0.6 is 0 Å². The van der Waals surface area contributed by atoms with Gasteiger partial charge in [-0.2, -0.15) is 0 Å². The largest absolute Gasteiger partial charge is 0.0613 e. The highest BCUT2D eigenvalue weighted by Crippen LogP contribution is 3.32. The summed E-state index contributed by atoms with van der Waals surface area (Å²) in [6.45, 7) is 7.47. The molecule has 0 N–H and O–H groups in total. The van der Waals surface area contributed by atoms with Crippen LogP contribution in [0.3, 0.4) is 0 Å². The minimum Gasteiger partial charge on any atom is -0.0613 e. The lowest BCUT2D eigenvalue weighted by molar-refractivity contribution is 0.0580. The molecule has 0 heterocycles. The van der Waals surface area contributed by atoms with Gasteiger partial charge in [0.2, 0.25) is 0 Å². The van der Waals surface area contributed by atoms with Gasteiger partial charge in [-0.15, -0.1) is 0 Å². The van der Waals surface area contributed by atoms with Crippen molar-refractivity contribution in [1.82, 2.24) is 0 Å². The molecule has 5 aliphatic rings. The Kier molecular flexibility index (Phi) is 0.222. The van der Waals surface area contributed by atoms with Crippen molar-refractivity contribution in [1.29, 1.82) is 0 Å². The van der Waals surface area contributed by atoms with Crippen molar-refractivity contribution in [3.05, 3.63) is 0 Å². The van der Waals surface area contributed by atoms with Crippen LogP contribution in [-0.4, -0.2) is 0 Å². The second-order valence-electron chi connectivity index (χ2n) is 5.13. The molecule has 5 fully saturated rings. The molecule has 0 saturated heterocycles. The average molecular weight is 120 g/mol. The molecule has 5 rings (SSSR count). The van der Waals surface area contributed by atoms with E-state index in [4.69, 9.17) is 0 Å². The van der Waals surface area contributed by atoms with Gasteiger partial charge in [-0.3, -0.25) is 0 Å². The van der Waals surface area contributed by atoms with Gasteiger partial charge in [0.25, 0.3) is 0 Å². The zero-order chi connectivity index (χ0) is 6.28. The monoisotopic (exact) mass is 120 g/mol. The van der Waals surface area contributed by atoms with Crippen LogP contribution in [0.15, 0.2) is 0 Å². The van der Waals surface area contributed by atoms with Gasteiger partial charge >= 0.3 is 0 Å². The maximum atomic E-state index is 2.51. The third-order valence-electron chi connectivity index (χ3n) is 6.17. The quantitative estimate of drug-likeness (QED) is 0.459. The lowest BCUT2D eigenvalue weighted by Gasteiger charge is -2.42. The summed E-state index contributed by atoms with van der Waals surface area (Å²) in [6.07, 6.45) is 1.58. The van der Waals surface area contributed by atoms with Crippen LogP contribution < -0.4 is 0 Å². The maximum absolute atomic E-state index is 2.51. The van der Waals surface area contributed by atoms with Gasteiger partial charge in [-0.05, 0) is 34.0 Å². The molecule has 5 atom stereocenters. The van der Waals surface area contributed by atoms with Gasteiger partial charge in [0.1, 0.15) is 0 Å². The topological polar surface area (TPSA) is 0 Å². The molecule has 0 aromatic heterocycles. The third kappa shape index (κ3) is 0.0886. The molecule has 0 amide bonds. The molecule has 0 aromatic carbocycles. The number of hydrogen-bond donors (Lipinski definition) is 0. The lowest BCUT2D eigenvalue weighted by atomic mass is 9.62. The Balaban J connectivity index is 2.06. The standard InChI is InChI=1S/C9H12/c1-5-8-4-6(2)7(8,3)9(5,6)8/h5H,4H2,1-3H3. The third-order valence-corrected chi connectivity index (χ3v) is 6.17. The summed E-state index contributed by atoms with van der Waals surface area (Å²) in [4.78, 5) is 0. The second kappa shape index (κ2) is 0.500. The predicted octanol–water partition coefficient (Wildman–Crippen LogP) is 2.05. The Bertz CT molecular complexity index is 241. The van der Waals surface area contributed by atoms with Crippen molar-refractivity contribution in [3.8, 4) is 0 Å². The van der Waals surface area contributed by atoms with E-state index in [2.05, 4.69) is 20.8 Å². The second-order valence-corrected chi connectivity index (χ2v) is 5.13. The zero-order valence-corrected chi connectivity index (χ0v) is 6.28. The van der Waals surface area contributed by atoms with Crippen LogP contribution in [0.4, 0.5) is 0 Å². The van der Waals surface area contributed by atoms with E-state index in [9.17, 15) is 0 Å². The summed E-state index contributed by atoms with van der Waals surface area (Å²) >= 11 is 0. The first-order valence-corrected chi connectivity index (χ1v) is 4.11. The highest BCUT2D eigenvalue weighted by molar-refractivity contribution is 5.75. The highest BCUT2D eigenvalue weighted by atomic mass is 15.3. The number of rotatable bonds is 0. The average Bonchev–Trinajstić information content (AvgIpc) is 2.52. The molecular formula is C9H12. The fourth-order valence-corrected chi connectivity index (χ4v) is 5.93. The molecule has 2 spiro atoms. The molecule has 0 heteroatoms. The Labute approximate surface area is 55.6 Å². The summed E-state index contributed by atoms with van der Waals surface area (Å²) in [5, 5.41) is 0. The van der Waals surface area contributed by atoms with Gasteiger partial charge in [0.05, 0.1) is 0 Å². The fraction of sp³-hybridized carbons (Fsp3) is 1.00.